The van der Waals surface area contributed by atoms with Crippen LogP contribution >= 0.6 is 0 Å². The number of ether oxygens (including phenoxy) is 2. The van der Waals surface area contributed by atoms with Crippen LogP contribution in [0.15, 0.2) is 54.6 Å². The van der Waals surface area contributed by atoms with E-state index in [1.807, 2.05) is 0 Å². The first-order valence-corrected chi connectivity index (χ1v) is 9.03. The Morgan fingerprint density at radius 2 is 1.71 bits per heavy atom. The third kappa shape index (κ3) is 5.41. The molecule has 0 aliphatic rings. The number of anilines is 2. The number of carbonyl (C=O) groups excluding carboxylic acids is 1. The molecule has 0 radical (unpaired) electrons. The Bertz CT molecular complexity index is 1070. The number of hydrogen-bond donors (Lipinski definition) is 1. The summed E-state index contributed by atoms with van der Waals surface area (Å²) < 4.78 is 49.9. The van der Waals surface area contributed by atoms with Crippen molar-refractivity contribution in [3.8, 4) is 17.5 Å². The summed E-state index contributed by atoms with van der Waals surface area (Å²) in [6, 6.07) is 13.2. The van der Waals surface area contributed by atoms with Crippen molar-refractivity contribution >= 4 is 17.4 Å². The number of para-hydroxylation sites is 1. The van der Waals surface area contributed by atoms with Crippen molar-refractivity contribution in [1.29, 1.82) is 0 Å². The van der Waals surface area contributed by atoms with E-state index in [2.05, 4.69) is 15.3 Å². The van der Waals surface area contributed by atoms with Gasteiger partial charge in [0.25, 0.3) is 5.91 Å². The Kier molecular flexibility index (Phi) is 6.28. The Labute approximate surface area is 176 Å². The van der Waals surface area contributed by atoms with E-state index in [9.17, 15) is 18.0 Å². The average Bonchev–Trinajstić information content (AvgIpc) is 2.74. The van der Waals surface area contributed by atoms with Gasteiger partial charge >= 0.3 is 12.2 Å². The molecule has 1 heterocycles. The third-order valence-electron chi connectivity index (χ3n) is 4.11. The number of alkyl halides is 3. The highest BCUT2D eigenvalue weighted by molar-refractivity contribution is 6.06. The van der Waals surface area contributed by atoms with Crippen LogP contribution < -0.4 is 19.7 Å². The second-order valence-electron chi connectivity index (χ2n) is 6.57. The zero-order chi connectivity index (χ0) is 22.6. The van der Waals surface area contributed by atoms with Gasteiger partial charge in [-0.15, -0.1) is 0 Å². The molecule has 0 bridgehead atoms. The average molecular weight is 432 g/mol. The molecule has 0 unspecified atom stereocenters. The van der Waals surface area contributed by atoms with Gasteiger partial charge in [-0.25, -0.2) is 0 Å². The molecule has 0 aliphatic heterocycles. The van der Waals surface area contributed by atoms with E-state index in [4.69, 9.17) is 9.47 Å². The minimum Gasteiger partial charge on any atom is -0.496 e. The fourth-order valence-corrected chi connectivity index (χ4v) is 2.58. The van der Waals surface area contributed by atoms with Crippen LogP contribution in [0.2, 0.25) is 0 Å². The first kappa shape index (κ1) is 21.9. The van der Waals surface area contributed by atoms with E-state index < -0.39 is 17.9 Å². The maximum absolute atomic E-state index is 13.1. The van der Waals surface area contributed by atoms with Gasteiger partial charge in [0.1, 0.15) is 17.3 Å². The Hall–Kier alpha value is -3.82. The largest absolute Gasteiger partial charge is 0.496 e. The van der Waals surface area contributed by atoms with Crippen LogP contribution in [0.4, 0.5) is 24.7 Å². The van der Waals surface area contributed by atoms with Crippen molar-refractivity contribution in [2.75, 3.05) is 31.4 Å². The summed E-state index contributed by atoms with van der Waals surface area (Å²) in [5, 5.41) is 2.72. The van der Waals surface area contributed by atoms with Gasteiger partial charge < -0.3 is 19.7 Å². The number of amides is 1. The lowest BCUT2D eigenvalue weighted by Crippen LogP contribution is -2.16. The van der Waals surface area contributed by atoms with Crippen LogP contribution in [-0.2, 0) is 6.18 Å². The lowest BCUT2D eigenvalue weighted by molar-refractivity contribution is -0.141. The molecule has 0 aliphatic carbocycles. The molecule has 1 N–H and O–H groups in total. The summed E-state index contributed by atoms with van der Waals surface area (Å²) in [7, 11) is 4.59. The molecule has 10 heteroatoms. The van der Waals surface area contributed by atoms with Crippen molar-refractivity contribution < 1.29 is 27.4 Å². The molecule has 162 valence electrons. The highest BCUT2D eigenvalue weighted by atomic mass is 19.4. The number of nitrogens with one attached hydrogen (secondary N) is 1. The van der Waals surface area contributed by atoms with Crippen LogP contribution in [0.5, 0.6) is 17.5 Å². The van der Waals surface area contributed by atoms with Crippen LogP contribution in [0.25, 0.3) is 0 Å². The van der Waals surface area contributed by atoms with Gasteiger partial charge in [0.15, 0.2) is 5.69 Å². The number of benzene rings is 2. The molecule has 1 amide bonds. The molecule has 0 spiro atoms. The van der Waals surface area contributed by atoms with Crippen LogP contribution in [0.1, 0.15) is 16.1 Å². The van der Waals surface area contributed by atoms with E-state index in [0.29, 0.717) is 17.0 Å². The summed E-state index contributed by atoms with van der Waals surface area (Å²) in [6.07, 6.45) is -4.64. The van der Waals surface area contributed by atoms with Crippen LogP contribution in [0, 0.1) is 0 Å². The number of hydrogen-bond acceptors (Lipinski definition) is 6. The lowest BCUT2D eigenvalue weighted by Gasteiger charge is -2.15. The van der Waals surface area contributed by atoms with Gasteiger partial charge in [0.2, 0.25) is 0 Å². The molecule has 2 aromatic carbocycles. The van der Waals surface area contributed by atoms with Gasteiger partial charge in [-0.05, 0) is 36.4 Å². The number of methoxy groups -OCH3 is 1. The van der Waals surface area contributed by atoms with Gasteiger partial charge in [-0.2, -0.15) is 23.1 Å². The van der Waals surface area contributed by atoms with Gasteiger partial charge in [0.05, 0.1) is 12.7 Å². The second-order valence-corrected chi connectivity index (χ2v) is 6.57. The molecule has 3 aromatic rings. The number of aromatic nitrogens is 2. The van der Waals surface area contributed by atoms with Crippen LogP contribution in [-0.4, -0.2) is 37.1 Å². The standard InChI is InChI=1S/C21H19F3N4O3/c1-28(2)18-12-17(21(22,23)24)26-20(27-18)31-14-10-8-13(9-11-14)25-19(29)15-6-4-5-7-16(15)30-3/h4-12H,1-3H3,(H,25,29). The minimum absolute atomic E-state index is 0.0537. The van der Waals surface area contributed by atoms with Crippen molar-refractivity contribution in [3.63, 3.8) is 0 Å². The van der Waals surface area contributed by atoms with Crippen molar-refractivity contribution in [3.05, 3.63) is 65.9 Å². The number of carbonyl (C=O) groups is 1. The number of rotatable bonds is 6. The van der Waals surface area contributed by atoms with E-state index in [-0.39, 0.29) is 17.5 Å². The zero-order valence-corrected chi connectivity index (χ0v) is 16.9. The Morgan fingerprint density at radius 3 is 2.32 bits per heavy atom. The highest BCUT2D eigenvalue weighted by Crippen LogP contribution is 2.32. The first-order chi connectivity index (χ1) is 14.7. The fourth-order valence-electron chi connectivity index (χ4n) is 2.58. The molecule has 0 saturated carbocycles. The molecular formula is C21H19F3N4O3. The predicted octanol–water partition coefficient (Wildman–Crippen LogP) is 4.61. The van der Waals surface area contributed by atoms with Gasteiger partial charge in [-0.1, -0.05) is 12.1 Å². The van der Waals surface area contributed by atoms with Crippen LogP contribution in [0.3, 0.4) is 0 Å². The summed E-state index contributed by atoms with van der Waals surface area (Å²) in [4.78, 5) is 21.3. The van der Waals surface area contributed by atoms with E-state index in [1.165, 1.54) is 24.1 Å². The summed E-state index contributed by atoms with van der Waals surface area (Å²) in [6.45, 7) is 0. The van der Waals surface area contributed by atoms with Gasteiger partial charge in [-0.3, -0.25) is 4.79 Å². The second kappa shape index (κ2) is 8.90. The zero-order valence-electron chi connectivity index (χ0n) is 16.9. The maximum atomic E-state index is 13.1. The van der Waals surface area contributed by atoms with E-state index in [1.54, 1.807) is 50.5 Å². The van der Waals surface area contributed by atoms with Crippen molar-refractivity contribution in [2.45, 2.75) is 6.18 Å². The molecule has 31 heavy (non-hydrogen) atoms. The third-order valence-corrected chi connectivity index (χ3v) is 4.11. The first-order valence-electron chi connectivity index (χ1n) is 9.03. The number of nitrogens with zero attached hydrogens (tertiary/aromatic N) is 3. The number of halogens is 3. The smallest absolute Gasteiger partial charge is 0.433 e. The van der Waals surface area contributed by atoms with Crippen molar-refractivity contribution in [1.82, 2.24) is 9.97 Å². The molecule has 3 rings (SSSR count). The maximum Gasteiger partial charge on any atom is 0.433 e. The molecular weight excluding hydrogens is 413 g/mol. The Balaban J connectivity index is 1.76. The molecule has 7 nitrogen and oxygen atoms in total. The molecule has 0 fully saturated rings. The monoisotopic (exact) mass is 432 g/mol. The summed E-state index contributed by atoms with van der Waals surface area (Å²) in [5.41, 5.74) is -0.289. The van der Waals surface area contributed by atoms with Crippen molar-refractivity contribution in [2.24, 2.45) is 0 Å². The topological polar surface area (TPSA) is 76.6 Å². The minimum atomic E-state index is -4.64. The predicted molar refractivity (Wildman–Crippen MR) is 109 cm³/mol. The Morgan fingerprint density at radius 1 is 1.03 bits per heavy atom. The quantitative estimate of drug-likeness (QED) is 0.613. The molecule has 0 saturated heterocycles. The fraction of sp³-hybridized carbons (Fsp3) is 0.190. The van der Waals surface area contributed by atoms with E-state index in [0.717, 1.165) is 6.07 Å². The normalized spacial score (nSPS) is 11.0. The van der Waals surface area contributed by atoms with E-state index >= 15 is 0 Å². The SMILES string of the molecule is COc1ccccc1C(=O)Nc1ccc(Oc2nc(N(C)C)cc(C(F)(F)F)n2)cc1. The highest BCUT2D eigenvalue weighted by Gasteiger charge is 2.34. The molecule has 0 atom stereocenters. The molecule has 1 aromatic heterocycles. The summed E-state index contributed by atoms with van der Waals surface area (Å²) in [5.74, 6) is 0.318. The summed E-state index contributed by atoms with van der Waals surface area (Å²) >= 11 is 0. The lowest BCUT2D eigenvalue weighted by atomic mass is 10.2. The van der Waals surface area contributed by atoms with Gasteiger partial charge in [0, 0.05) is 25.8 Å².